The molecule has 2 N–H and O–H groups in total. The molecule has 0 saturated carbocycles. The van der Waals surface area contributed by atoms with Gasteiger partial charge in [-0.1, -0.05) is 6.07 Å². The van der Waals surface area contributed by atoms with Crippen LogP contribution in [-0.2, 0) is 0 Å². The molecule has 3 aromatic heterocycles. The largest absolute Gasteiger partial charge is 0.464 e. The van der Waals surface area contributed by atoms with Gasteiger partial charge in [-0.2, -0.15) is 0 Å². The minimum Gasteiger partial charge on any atom is -0.464 e. The van der Waals surface area contributed by atoms with Gasteiger partial charge in [0.15, 0.2) is 0 Å². The molecule has 0 aliphatic heterocycles. The van der Waals surface area contributed by atoms with Crippen molar-refractivity contribution in [2.24, 2.45) is 0 Å². The van der Waals surface area contributed by atoms with Crippen LogP contribution in [0.2, 0.25) is 0 Å². The average molecular weight is 331 g/mol. The zero-order valence-corrected chi connectivity index (χ0v) is 14.0. The Hall–Kier alpha value is -3.34. The number of furan rings is 1. The van der Waals surface area contributed by atoms with Crippen LogP contribution >= 0.6 is 0 Å². The minimum absolute atomic E-state index is 0.526. The summed E-state index contributed by atoms with van der Waals surface area (Å²) in [6.45, 7) is 4.00. The van der Waals surface area contributed by atoms with E-state index < -0.39 is 0 Å². The van der Waals surface area contributed by atoms with E-state index in [9.17, 15) is 0 Å². The molecule has 0 unspecified atom stereocenters. The molecule has 0 aliphatic rings. The fourth-order valence-corrected chi connectivity index (χ4v) is 2.93. The Morgan fingerprint density at radius 1 is 1.00 bits per heavy atom. The molecule has 1 aromatic carbocycles. The van der Waals surface area contributed by atoms with E-state index in [1.807, 2.05) is 56.3 Å². The molecule has 124 valence electrons. The molecular weight excluding hydrogens is 314 g/mol. The summed E-state index contributed by atoms with van der Waals surface area (Å²) < 4.78 is 11.3. The lowest BCUT2D eigenvalue weighted by molar-refractivity contribution is 0.468. The monoisotopic (exact) mass is 331 g/mol. The van der Waals surface area contributed by atoms with E-state index in [1.54, 1.807) is 12.5 Å². The summed E-state index contributed by atoms with van der Waals surface area (Å²) in [7, 11) is 0. The number of anilines is 1. The van der Waals surface area contributed by atoms with Crippen molar-refractivity contribution in [3.05, 3.63) is 66.2 Å². The molecule has 3 heterocycles. The maximum atomic E-state index is 5.96. The van der Waals surface area contributed by atoms with E-state index in [2.05, 4.69) is 9.97 Å². The molecule has 0 aliphatic carbocycles. The van der Waals surface area contributed by atoms with Crippen LogP contribution in [0.25, 0.3) is 22.1 Å². The summed E-state index contributed by atoms with van der Waals surface area (Å²) in [6.07, 6.45) is 3.30. The molecule has 0 bridgehead atoms. The lowest BCUT2D eigenvalue weighted by Crippen LogP contribution is -1.96. The van der Waals surface area contributed by atoms with Crippen molar-refractivity contribution in [1.82, 2.24) is 9.97 Å². The highest BCUT2D eigenvalue weighted by atomic mass is 16.5. The van der Waals surface area contributed by atoms with Crippen molar-refractivity contribution in [2.75, 3.05) is 5.73 Å². The predicted octanol–water partition coefficient (Wildman–Crippen LogP) is 4.88. The maximum absolute atomic E-state index is 5.96. The number of ether oxygens (including phenoxy) is 1. The smallest absolute Gasteiger partial charge is 0.230 e. The first-order chi connectivity index (χ1) is 12.1. The van der Waals surface area contributed by atoms with Crippen LogP contribution in [0.3, 0.4) is 0 Å². The Kier molecular flexibility index (Phi) is 3.61. The van der Waals surface area contributed by atoms with Gasteiger partial charge in [0.25, 0.3) is 0 Å². The third-order valence-electron chi connectivity index (χ3n) is 4.15. The van der Waals surface area contributed by atoms with Crippen LogP contribution in [0.15, 0.2) is 59.3 Å². The van der Waals surface area contributed by atoms with Gasteiger partial charge in [-0.3, -0.25) is 0 Å². The third-order valence-corrected chi connectivity index (χ3v) is 4.15. The molecule has 5 heteroatoms. The predicted molar refractivity (Wildman–Crippen MR) is 97.6 cm³/mol. The Bertz CT molecular complexity index is 1070. The molecule has 0 atom stereocenters. The summed E-state index contributed by atoms with van der Waals surface area (Å²) >= 11 is 0. The zero-order valence-electron chi connectivity index (χ0n) is 14.0. The highest BCUT2D eigenvalue weighted by Crippen LogP contribution is 2.32. The van der Waals surface area contributed by atoms with E-state index in [4.69, 9.17) is 14.9 Å². The fourth-order valence-electron chi connectivity index (χ4n) is 2.93. The first kappa shape index (κ1) is 15.2. The van der Waals surface area contributed by atoms with Gasteiger partial charge >= 0.3 is 0 Å². The normalized spacial score (nSPS) is 11.0. The number of aromatic nitrogens is 2. The molecule has 5 nitrogen and oxygen atoms in total. The Morgan fingerprint density at radius 3 is 2.64 bits per heavy atom. The lowest BCUT2D eigenvalue weighted by Gasteiger charge is -2.12. The van der Waals surface area contributed by atoms with Crippen LogP contribution in [0.5, 0.6) is 11.6 Å². The zero-order chi connectivity index (χ0) is 17.4. The molecule has 0 radical (unpaired) electrons. The first-order valence-electron chi connectivity index (χ1n) is 7.96. The SMILES string of the molecule is Cc1cc(Oc2nccc3occc23)ccc1-c1ccc(N)nc1C. The summed E-state index contributed by atoms with van der Waals surface area (Å²) in [5.74, 6) is 1.78. The summed E-state index contributed by atoms with van der Waals surface area (Å²) in [5.41, 5.74) is 10.7. The number of hydrogen-bond donors (Lipinski definition) is 1. The molecule has 25 heavy (non-hydrogen) atoms. The maximum Gasteiger partial charge on any atom is 0.230 e. The number of nitrogens with two attached hydrogens (primary N) is 1. The van der Waals surface area contributed by atoms with Gasteiger partial charge in [-0.25, -0.2) is 9.97 Å². The molecule has 0 fully saturated rings. The van der Waals surface area contributed by atoms with E-state index in [-0.39, 0.29) is 0 Å². The second-order valence-electron chi connectivity index (χ2n) is 5.90. The lowest BCUT2D eigenvalue weighted by atomic mass is 9.99. The van der Waals surface area contributed by atoms with Crippen molar-refractivity contribution >= 4 is 16.8 Å². The standard InChI is InChI=1S/C20H17N3O2/c1-12-11-14(25-20-17-8-10-24-18(17)7-9-22-20)3-4-15(12)16-5-6-19(21)23-13(16)2/h3-11H,1-2H3,(H2,21,23). The van der Waals surface area contributed by atoms with Crippen LogP contribution in [0.1, 0.15) is 11.3 Å². The summed E-state index contributed by atoms with van der Waals surface area (Å²) in [6, 6.07) is 13.4. The van der Waals surface area contributed by atoms with Gasteiger partial charge < -0.3 is 14.9 Å². The Labute approximate surface area is 145 Å². The van der Waals surface area contributed by atoms with Gasteiger partial charge in [0.2, 0.25) is 5.88 Å². The molecule has 0 saturated heterocycles. The minimum atomic E-state index is 0.526. The van der Waals surface area contributed by atoms with Gasteiger partial charge in [0.05, 0.1) is 11.6 Å². The molecule has 4 aromatic rings. The van der Waals surface area contributed by atoms with E-state index in [1.165, 1.54) is 0 Å². The number of pyridine rings is 2. The molecule has 0 spiro atoms. The van der Waals surface area contributed by atoms with Gasteiger partial charge in [-0.15, -0.1) is 0 Å². The van der Waals surface area contributed by atoms with Gasteiger partial charge in [0, 0.05) is 17.5 Å². The number of nitrogens with zero attached hydrogens (tertiary/aromatic N) is 2. The van der Waals surface area contributed by atoms with Crippen molar-refractivity contribution < 1.29 is 9.15 Å². The van der Waals surface area contributed by atoms with Gasteiger partial charge in [0.1, 0.15) is 17.2 Å². The number of hydrogen-bond acceptors (Lipinski definition) is 5. The molecule has 4 rings (SSSR count). The average Bonchev–Trinajstić information content (AvgIpc) is 3.06. The highest BCUT2D eigenvalue weighted by molar-refractivity contribution is 5.82. The van der Waals surface area contributed by atoms with Crippen LogP contribution < -0.4 is 10.5 Å². The van der Waals surface area contributed by atoms with Crippen molar-refractivity contribution in [1.29, 1.82) is 0 Å². The summed E-state index contributed by atoms with van der Waals surface area (Å²) in [4.78, 5) is 8.64. The Morgan fingerprint density at radius 2 is 1.84 bits per heavy atom. The molecular formula is C20H17N3O2. The summed E-state index contributed by atoms with van der Waals surface area (Å²) in [5, 5.41) is 0.850. The van der Waals surface area contributed by atoms with Gasteiger partial charge in [-0.05, 0) is 61.4 Å². The Balaban J connectivity index is 1.69. The van der Waals surface area contributed by atoms with E-state index in [0.29, 0.717) is 11.7 Å². The second kappa shape index (κ2) is 5.94. The first-order valence-corrected chi connectivity index (χ1v) is 7.96. The number of nitrogen functional groups attached to an aromatic ring is 1. The van der Waals surface area contributed by atoms with Crippen LogP contribution in [0, 0.1) is 13.8 Å². The number of fused-ring (bicyclic) bond motifs is 1. The quantitative estimate of drug-likeness (QED) is 0.579. The topological polar surface area (TPSA) is 74.2 Å². The van der Waals surface area contributed by atoms with E-state index >= 15 is 0 Å². The van der Waals surface area contributed by atoms with Crippen LogP contribution in [-0.4, -0.2) is 9.97 Å². The number of benzene rings is 1. The third kappa shape index (κ3) is 2.80. The number of aryl methyl sites for hydroxylation is 2. The van der Waals surface area contributed by atoms with Crippen LogP contribution in [0.4, 0.5) is 5.82 Å². The van der Waals surface area contributed by atoms with Crippen molar-refractivity contribution in [3.8, 4) is 22.8 Å². The van der Waals surface area contributed by atoms with E-state index in [0.717, 1.165) is 39.1 Å². The second-order valence-corrected chi connectivity index (χ2v) is 5.90. The molecule has 0 amide bonds. The van der Waals surface area contributed by atoms with Crippen molar-refractivity contribution in [3.63, 3.8) is 0 Å². The fraction of sp³-hybridized carbons (Fsp3) is 0.100. The number of rotatable bonds is 3. The van der Waals surface area contributed by atoms with Crippen molar-refractivity contribution in [2.45, 2.75) is 13.8 Å². The highest BCUT2D eigenvalue weighted by Gasteiger charge is 2.10.